The maximum atomic E-state index is 13.2. The van der Waals surface area contributed by atoms with Crippen molar-refractivity contribution < 1.29 is 14.1 Å². The fourth-order valence-corrected chi connectivity index (χ4v) is 1.53. The largest absolute Gasteiger partial charge is 0.326 e. The van der Waals surface area contributed by atoms with Gasteiger partial charge in [0.05, 0.1) is 4.92 Å². The van der Waals surface area contributed by atoms with E-state index < -0.39 is 16.4 Å². The predicted molar refractivity (Wildman–Crippen MR) is 50.0 cm³/mol. The summed E-state index contributed by atoms with van der Waals surface area (Å²) in [6, 6.07) is 2.16. The zero-order chi connectivity index (χ0) is 11.0. The fourth-order valence-electron chi connectivity index (χ4n) is 1.53. The van der Waals surface area contributed by atoms with Gasteiger partial charge in [-0.25, -0.2) is 0 Å². The number of nitrogens with zero attached hydrogens (tertiary/aromatic N) is 1. The number of nitrogens with one attached hydrogen (secondary N) is 1. The lowest BCUT2D eigenvalue weighted by atomic mass is 10.0. The molecular weight excluding hydrogens is 203 g/mol. The third-order valence-corrected chi connectivity index (χ3v) is 2.26. The van der Waals surface area contributed by atoms with Crippen molar-refractivity contribution in [2.45, 2.75) is 12.8 Å². The Kier molecular flexibility index (Phi) is 2.11. The van der Waals surface area contributed by atoms with Gasteiger partial charge in [-0.05, 0) is 12.0 Å². The molecule has 1 aliphatic rings. The zero-order valence-electron chi connectivity index (χ0n) is 7.62. The van der Waals surface area contributed by atoms with Crippen LogP contribution in [-0.4, -0.2) is 10.8 Å². The summed E-state index contributed by atoms with van der Waals surface area (Å²) in [6.45, 7) is 0. The first-order chi connectivity index (χ1) is 7.08. The van der Waals surface area contributed by atoms with Gasteiger partial charge >= 0.3 is 5.69 Å². The van der Waals surface area contributed by atoms with E-state index in [1.807, 2.05) is 0 Å². The van der Waals surface area contributed by atoms with Gasteiger partial charge in [0.25, 0.3) is 0 Å². The van der Waals surface area contributed by atoms with Crippen molar-refractivity contribution in [2.24, 2.45) is 0 Å². The number of anilines is 1. The molecule has 2 rings (SSSR count). The minimum Gasteiger partial charge on any atom is -0.326 e. The zero-order valence-corrected chi connectivity index (χ0v) is 7.62. The van der Waals surface area contributed by atoms with E-state index in [4.69, 9.17) is 0 Å². The number of nitro benzene ring substituents is 1. The van der Waals surface area contributed by atoms with E-state index in [1.54, 1.807) is 0 Å². The minimum absolute atomic E-state index is 0.198. The van der Waals surface area contributed by atoms with Crippen LogP contribution in [0, 0.1) is 15.9 Å². The summed E-state index contributed by atoms with van der Waals surface area (Å²) >= 11 is 0. The first kappa shape index (κ1) is 9.57. The smallest absolute Gasteiger partial charge is 0.305 e. The number of amides is 1. The molecular formula is C9H7FN2O3. The van der Waals surface area contributed by atoms with Crippen molar-refractivity contribution in [3.8, 4) is 0 Å². The van der Waals surface area contributed by atoms with Gasteiger partial charge in [-0.15, -0.1) is 0 Å². The second-order valence-corrected chi connectivity index (χ2v) is 3.27. The second kappa shape index (κ2) is 3.30. The third-order valence-electron chi connectivity index (χ3n) is 2.26. The highest BCUT2D eigenvalue weighted by Crippen LogP contribution is 2.29. The second-order valence-electron chi connectivity index (χ2n) is 3.27. The number of nitro groups is 1. The molecule has 6 heteroatoms. The van der Waals surface area contributed by atoms with Gasteiger partial charge in [0.2, 0.25) is 11.7 Å². The number of aryl methyl sites for hydroxylation is 1. The van der Waals surface area contributed by atoms with E-state index in [-0.39, 0.29) is 12.3 Å². The predicted octanol–water partition coefficient (Wildman–Crippen LogP) is 1.62. The Morgan fingerprint density at radius 3 is 2.80 bits per heavy atom. The van der Waals surface area contributed by atoms with Crippen molar-refractivity contribution >= 4 is 17.3 Å². The number of carbonyl (C=O) groups is 1. The van der Waals surface area contributed by atoms with Crippen LogP contribution in [-0.2, 0) is 11.2 Å². The summed E-state index contributed by atoms with van der Waals surface area (Å²) < 4.78 is 13.2. The molecule has 0 aliphatic carbocycles. The van der Waals surface area contributed by atoms with Crippen LogP contribution in [0.4, 0.5) is 15.8 Å². The normalized spacial score (nSPS) is 14.3. The first-order valence-electron chi connectivity index (χ1n) is 4.34. The third kappa shape index (κ3) is 1.65. The standard InChI is InChI=1S/C9H7FN2O3/c10-6-4-7-5(1-2-9(13)11-7)3-8(6)12(14)15/h3-4H,1-2H2,(H,11,13). The highest BCUT2D eigenvalue weighted by molar-refractivity contribution is 5.94. The van der Waals surface area contributed by atoms with Gasteiger partial charge in [0.1, 0.15) is 0 Å². The molecule has 0 radical (unpaired) electrons. The number of halogens is 1. The van der Waals surface area contributed by atoms with E-state index in [0.717, 1.165) is 6.07 Å². The van der Waals surface area contributed by atoms with E-state index in [2.05, 4.69) is 5.32 Å². The monoisotopic (exact) mass is 210 g/mol. The van der Waals surface area contributed by atoms with E-state index in [9.17, 15) is 19.3 Å². The molecule has 0 spiro atoms. The van der Waals surface area contributed by atoms with Crippen molar-refractivity contribution in [3.63, 3.8) is 0 Å². The topological polar surface area (TPSA) is 72.2 Å². The molecule has 1 aliphatic heterocycles. The van der Waals surface area contributed by atoms with Crippen LogP contribution >= 0.6 is 0 Å². The van der Waals surface area contributed by atoms with Crippen molar-refractivity contribution in [1.82, 2.24) is 0 Å². The number of hydrogen-bond acceptors (Lipinski definition) is 3. The van der Waals surface area contributed by atoms with Crippen LogP contribution in [0.3, 0.4) is 0 Å². The Hall–Kier alpha value is -1.98. The Balaban J connectivity index is 2.50. The van der Waals surface area contributed by atoms with Gasteiger partial charge in [-0.2, -0.15) is 4.39 Å². The van der Waals surface area contributed by atoms with Gasteiger partial charge in [0, 0.05) is 24.2 Å². The van der Waals surface area contributed by atoms with E-state index in [1.165, 1.54) is 6.07 Å². The molecule has 1 amide bonds. The fraction of sp³-hybridized carbons (Fsp3) is 0.222. The molecule has 0 aromatic heterocycles. The molecule has 0 saturated carbocycles. The van der Waals surface area contributed by atoms with Crippen LogP contribution in [0.1, 0.15) is 12.0 Å². The highest BCUT2D eigenvalue weighted by atomic mass is 19.1. The number of fused-ring (bicyclic) bond motifs is 1. The van der Waals surface area contributed by atoms with Gasteiger partial charge in [0.15, 0.2) is 0 Å². The van der Waals surface area contributed by atoms with Crippen molar-refractivity contribution in [3.05, 3.63) is 33.6 Å². The lowest BCUT2D eigenvalue weighted by Crippen LogP contribution is -2.19. The summed E-state index contributed by atoms with van der Waals surface area (Å²) in [7, 11) is 0. The molecule has 1 aromatic carbocycles. The molecule has 0 fully saturated rings. The summed E-state index contributed by atoms with van der Waals surface area (Å²) in [5, 5.41) is 12.9. The van der Waals surface area contributed by atoms with Crippen LogP contribution in [0.25, 0.3) is 0 Å². The molecule has 78 valence electrons. The summed E-state index contributed by atoms with van der Waals surface area (Å²) in [5.74, 6) is -1.13. The molecule has 5 nitrogen and oxygen atoms in total. The number of rotatable bonds is 1. The first-order valence-corrected chi connectivity index (χ1v) is 4.34. The average molecular weight is 210 g/mol. The van der Waals surface area contributed by atoms with Gasteiger partial charge < -0.3 is 5.32 Å². The van der Waals surface area contributed by atoms with Crippen LogP contribution in [0.5, 0.6) is 0 Å². The molecule has 0 atom stereocenters. The van der Waals surface area contributed by atoms with Crippen molar-refractivity contribution in [2.75, 3.05) is 5.32 Å². The quantitative estimate of drug-likeness (QED) is 0.565. The molecule has 1 N–H and O–H groups in total. The molecule has 15 heavy (non-hydrogen) atoms. The summed E-state index contributed by atoms with van der Waals surface area (Å²) in [6.07, 6.45) is 0.679. The Labute approximate surface area is 84.1 Å². The Bertz CT molecular complexity index is 459. The maximum absolute atomic E-state index is 13.2. The average Bonchev–Trinajstić information content (AvgIpc) is 2.15. The molecule has 1 heterocycles. The molecule has 0 unspecified atom stereocenters. The van der Waals surface area contributed by atoms with Crippen LogP contribution in [0.2, 0.25) is 0 Å². The lowest BCUT2D eigenvalue weighted by Gasteiger charge is -2.16. The van der Waals surface area contributed by atoms with Crippen LogP contribution in [0.15, 0.2) is 12.1 Å². The Morgan fingerprint density at radius 1 is 1.40 bits per heavy atom. The lowest BCUT2D eigenvalue weighted by molar-refractivity contribution is -0.387. The maximum Gasteiger partial charge on any atom is 0.305 e. The van der Waals surface area contributed by atoms with E-state index >= 15 is 0 Å². The number of carbonyl (C=O) groups excluding carboxylic acids is 1. The number of hydrogen-bond donors (Lipinski definition) is 1. The molecule has 0 bridgehead atoms. The summed E-state index contributed by atoms with van der Waals surface area (Å²) in [5.41, 5.74) is 0.377. The minimum atomic E-state index is -0.930. The SMILES string of the molecule is O=C1CCc2cc([N+](=O)[O-])c(F)cc2N1. The summed E-state index contributed by atoms with van der Waals surface area (Å²) in [4.78, 5) is 20.7. The molecule has 1 aromatic rings. The van der Waals surface area contributed by atoms with Crippen LogP contribution < -0.4 is 5.32 Å². The molecule has 0 saturated heterocycles. The van der Waals surface area contributed by atoms with Gasteiger partial charge in [-0.1, -0.05) is 0 Å². The number of benzene rings is 1. The van der Waals surface area contributed by atoms with Gasteiger partial charge in [-0.3, -0.25) is 14.9 Å². The highest BCUT2D eigenvalue weighted by Gasteiger charge is 2.22. The Morgan fingerprint density at radius 2 is 2.13 bits per heavy atom. The van der Waals surface area contributed by atoms with E-state index in [0.29, 0.717) is 17.7 Å². The van der Waals surface area contributed by atoms with Crippen molar-refractivity contribution in [1.29, 1.82) is 0 Å².